The number of aliphatic hydroxyl groups is 3. The number of ether oxygens (including phenoxy) is 3. The zero-order valence-electron chi connectivity index (χ0n) is 11.9. The number of hydrogen-bond donors (Lipinski definition) is 5. The molecule has 0 aliphatic carbocycles. The van der Waals surface area contributed by atoms with E-state index in [1.807, 2.05) is 0 Å². The maximum Gasteiger partial charge on any atom is 0.197 e. The van der Waals surface area contributed by atoms with Gasteiger partial charge in [0.15, 0.2) is 12.4 Å². The molecule has 0 amide bonds. The van der Waals surface area contributed by atoms with E-state index in [-0.39, 0.29) is 18.9 Å². The van der Waals surface area contributed by atoms with Gasteiger partial charge in [0.05, 0.1) is 13.2 Å². The van der Waals surface area contributed by atoms with Gasteiger partial charge in [0.1, 0.15) is 29.8 Å². The molecule has 0 spiro atoms. The molecule has 1 aromatic rings. The maximum absolute atomic E-state index is 10.2. The molecule has 0 saturated carbocycles. The fraction of sp³-hybridized carbons (Fsp3) is 0.571. The minimum absolute atomic E-state index is 0.0732. The number of nitrogens with two attached hydrogens (primary N) is 1. The number of phenolic OH excluding ortho intramolecular Hbond substituents is 1. The van der Waals surface area contributed by atoms with Crippen molar-refractivity contribution in [1.29, 1.82) is 0 Å². The minimum atomic E-state index is -1.32. The normalized spacial score (nSPS) is 31.9. The van der Waals surface area contributed by atoms with Crippen molar-refractivity contribution in [1.82, 2.24) is 0 Å². The van der Waals surface area contributed by atoms with Crippen molar-refractivity contribution in [2.75, 3.05) is 19.8 Å². The molecule has 8 nitrogen and oxygen atoms in total. The van der Waals surface area contributed by atoms with E-state index in [1.54, 1.807) is 0 Å². The van der Waals surface area contributed by atoms with Crippen molar-refractivity contribution in [3.8, 4) is 11.5 Å². The van der Waals surface area contributed by atoms with Crippen LogP contribution in [0.5, 0.6) is 11.5 Å². The quantitative estimate of drug-likeness (QED) is 0.430. The third-order valence-corrected chi connectivity index (χ3v) is 3.33. The number of benzene rings is 1. The molecule has 1 fully saturated rings. The van der Waals surface area contributed by atoms with Crippen LogP contribution < -0.4 is 10.5 Å². The third-order valence-electron chi connectivity index (χ3n) is 3.33. The van der Waals surface area contributed by atoms with E-state index in [0.717, 1.165) is 0 Å². The van der Waals surface area contributed by atoms with Crippen molar-refractivity contribution in [3.05, 3.63) is 24.3 Å². The lowest BCUT2D eigenvalue weighted by atomic mass is 9.99. The first-order chi connectivity index (χ1) is 10.6. The Balaban J connectivity index is 2.13. The first-order valence-electron chi connectivity index (χ1n) is 6.96. The topological polar surface area (TPSA) is 135 Å². The molecule has 0 radical (unpaired) electrons. The van der Waals surface area contributed by atoms with E-state index < -0.39 is 37.3 Å². The zero-order chi connectivity index (χ0) is 16.1. The van der Waals surface area contributed by atoms with Gasteiger partial charge in [-0.25, -0.2) is 0 Å². The Kier molecular flexibility index (Phi) is 5.95. The molecule has 1 aliphatic heterocycles. The lowest BCUT2D eigenvalue weighted by molar-refractivity contribution is -0.294. The van der Waals surface area contributed by atoms with E-state index in [0.29, 0.717) is 5.75 Å². The Labute approximate surface area is 127 Å². The second kappa shape index (κ2) is 7.73. The van der Waals surface area contributed by atoms with Crippen LogP contribution in [-0.4, -0.2) is 70.9 Å². The first-order valence-corrected chi connectivity index (χ1v) is 6.96. The van der Waals surface area contributed by atoms with E-state index in [4.69, 9.17) is 19.9 Å². The molecule has 22 heavy (non-hydrogen) atoms. The smallest absolute Gasteiger partial charge is 0.197 e. The van der Waals surface area contributed by atoms with Crippen LogP contribution in [0.3, 0.4) is 0 Å². The van der Waals surface area contributed by atoms with E-state index in [2.05, 4.69) is 0 Å². The van der Waals surface area contributed by atoms with Crippen molar-refractivity contribution in [3.63, 3.8) is 0 Å². The van der Waals surface area contributed by atoms with Crippen LogP contribution >= 0.6 is 0 Å². The number of aliphatic hydroxyl groups excluding tert-OH is 3. The summed E-state index contributed by atoms with van der Waals surface area (Å²) in [5, 5.41) is 38.6. The van der Waals surface area contributed by atoms with Crippen molar-refractivity contribution in [2.45, 2.75) is 30.7 Å². The van der Waals surface area contributed by atoms with Gasteiger partial charge in [-0.2, -0.15) is 0 Å². The van der Waals surface area contributed by atoms with Gasteiger partial charge in [0.2, 0.25) is 0 Å². The lowest BCUT2D eigenvalue weighted by Crippen LogP contribution is -2.61. The number of phenols is 1. The molecule has 2 rings (SSSR count). The summed E-state index contributed by atoms with van der Waals surface area (Å²) >= 11 is 0. The van der Waals surface area contributed by atoms with Crippen molar-refractivity contribution < 1.29 is 34.6 Å². The van der Waals surface area contributed by atoms with Crippen LogP contribution in [-0.2, 0) is 9.47 Å². The van der Waals surface area contributed by atoms with Crippen molar-refractivity contribution in [2.24, 2.45) is 5.73 Å². The van der Waals surface area contributed by atoms with Crippen LogP contribution in [0.25, 0.3) is 0 Å². The molecule has 1 saturated heterocycles. The Morgan fingerprint density at radius 3 is 2.41 bits per heavy atom. The van der Waals surface area contributed by atoms with Crippen LogP contribution in [0.2, 0.25) is 0 Å². The molecule has 8 heteroatoms. The lowest BCUT2D eigenvalue weighted by Gasteiger charge is -2.41. The monoisotopic (exact) mass is 315 g/mol. The van der Waals surface area contributed by atoms with Gasteiger partial charge in [0.25, 0.3) is 0 Å². The largest absolute Gasteiger partial charge is 0.508 e. The number of hydrogen-bond acceptors (Lipinski definition) is 8. The molecule has 0 aromatic heterocycles. The Morgan fingerprint density at radius 2 is 1.82 bits per heavy atom. The predicted molar refractivity (Wildman–Crippen MR) is 75.3 cm³/mol. The molecule has 1 aromatic carbocycles. The Morgan fingerprint density at radius 1 is 1.14 bits per heavy atom. The molecule has 1 heterocycles. The van der Waals surface area contributed by atoms with Crippen LogP contribution in [0.15, 0.2) is 24.3 Å². The van der Waals surface area contributed by atoms with Gasteiger partial charge in [-0.05, 0) is 24.3 Å². The second-order valence-electron chi connectivity index (χ2n) is 4.94. The highest BCUT2D eigenvalue weighted by atomic mass is 16.7. The van der Waals surface area contributed by atoms with Gasteiger partial charge in [0, 0.05) is 6.54 Å². The SMILES string of the molecule is NCCOC1OC(CO)C(O)C(O)C1Oc1ccc(O)cc1. The third kappa shape index (κ3) is 3.86. The summed E-state index contributed by atoms with van der Waals surface area (Å²) in [7, 11) is 0. The highest BCUT2D eigenvalue weighted by molar-refractivity contribution is 5.30. The second-order valence-corrected chi connectivity index (χ2v) is 4.94. The fourth-order valence-corrected chi connectivity index (χ4v) is 2.18. The average Bonchev–Trinajstić information content (AvgIpc) is 2.53. The van der Waals surface area contributed by atoms with Gasteiger partial charge in [-0.15, -0.1) is 0 Å². The standard InChI is InChI=1S/C14H21NO7/c15-5-6-20-14-13(12(19)11(18)10(7-16)22-14)21-9-3-1-8(17)2-4-9/h1-4,10-14,16-19H,5-7,15H2. The summed E-state index contributed by atoms with van der Waals surface area (Å²) < 4.78 is 16.4. The maximum atomic E-state index is 10.2. The van der Waals surface area contributed by atoms with Gasteiger partial charge >= 0.3 is 0 Å². The summed E-state index contributed by atoms with van der Waals surface area (Å²) in [5.74, 6) is 0.436. The predicted octanol–water partition coefficient (Wildman–Crippen LogP) is -1.45. The van der Waals surface area contributed by atoms with E-state index in [9.17, 15) is 20.4 Å². The van der Waals surface area contributed by atoms with Gasteiger partial charge in [-0.1, -0.05) is 0 Å². The summed E-state index contributed by atoms with van der Waals surface area (Å²) in [6.45, 7) is -0.0536. The van der Waals surface area contributed by atoms with Gasteiger partial charge in [-0.3, -0.25) is 0 Å². The summed E-state index contributed by atoms with van der Waals surface area (Å²) in [6.07, 6.45) is -5.61. The summed E-state index contributed by atoms with van der Waals surface area (Å²) in [6, 6.07) is 5.86. The average molecular weight is 315 g/mol. The Hall–Kier alpha value is -1.42. The number of rotatable bonds is 6. The summed E-state index contributed by atoms with van der Waals surface area (Å²) in [5.41, 5.74) is 5.38. The fourth-order valence-electron chi connectivity index (χ4n) is 2.18. The van der Waals surface area contributed by atoms with E-state index >= 15 is 0 Å². The molecule has 1 aliphatic rings. The highest BCUT2D eigenvalue weighted by Gasteiger charge is 2.46. The molecule has 6 N–H and O–H groups in total. The van der Waals surface area contributed by atoms with Crippen LogP contribution in [0.4, 0.5) is 0 Å². The minimum Gasteiger partial charge on any atom is -0.508 e. The Bertz CT molecular complexity index is 455. The summed E-state index contributed by atoms with van der Waals surface area (Å²) in [4.78, 5) is 0. The first kappa shape index (κ1) is 16.9. The molecular weight excluding hydrogens is 294 g/mol. The zero-order valence-corrected chi connectivity index (χ0v) is 11.9. The molecule has 124 valence electrons. The van der Waals surface area contributed by atoms with E-state index in [1.165, 1.54) is 24.3 Å². The molecule has 0 bridgehead atoms. The highest BCUT2D eigenvalue weighted by Crippen LogP contribution is 2.27. The molecule has 5 atom stereocenters. The molecular formula is C14H21NO7. The van der Waals surface area contributed by atoms with Crippen LogP contribution in [0, 0.1) is 0 Å². The molecule has 5 unspecified atom stereocenters. The number of aromatic hydroxyl groups is 1. The van der Waals surface area contributed by atoms with Crippen molar-refractivity contribution >= 4 is 0 Å². The van der Waals surface area contributed by atoms with Gasteiger partial charge < -0.3 is 40.4 Å². The van der Waals surface area contributed by atoms with Crippen LogP contribution in [0.1, 0.15) is 0 Å².